The van der Waals surface area contributed by atoms with Gasteiger partial charge in [0, 0.05) is 20.1 Å². The zero-order valence-electron chi connectivity index (χ0n) is 14.5. The number of amides is 1. The van der Waals surface area contributed by atoms with Crippen molar-refractivity contribution in [3.05, 3.63) is 22.7 Å². The molecule has 24 heavy (non-hydrogen) atoms. The fourth-order valence-corrected chi connectivity index (χ4v) is 2.91. The number of halogens is 1. The lowest BCUT2D eigenvalue weighted by molar-refractivity contribution is 0.0238. The van der Waals surface area contributed by atoms with Crippen molar-refractivity contribution in [2.45, 2.75) is 38.8 Å². The molecule has 1 amide bonds. The first-order chi connectivity index (χ1) is 11.1. The van der Waals surface area contributed by atoms with Crippen LogP contribution in [0, 0.1) is 11.3 Å². The lowest BCUT2D eigenvalue weighted by Crippen LogP contribution is -2.42. The summed E-state index contributed by atoms with van der Waals surface area (Å²) < 4.78 is 5.41. The van der Waals surface area contributed by atoms with Gasteiger partial charge in [-0.3, -0.25) is 0 Å². The molecule has 2 rings (SSSR count). The van der Waals surface area contributed by atoms with Crippen LogP contribution in [-0.4, -0.2) is 42.8 Å². The van der Waals surface area contributed by atoms with Gasteiger partial charge < -0.3 is 20.3 Å². The Bertz CT molecular complexity index is 678. The zero-order chi connectivity index (χ0) is 18.1. The van der Waals surface area contributed by atoms with E-state index in [1.54, 1.807) is 24.1 Å². The van der Waals surface area contributed by atoms with E-state index in [4.69, 9.17) is 22.1 Å². The Morgan fingerprint density at radius 2 is 2.17 bits per heavy atom. The van der Waals surface area contributed by atoms with Gasteiger partial charge in [-0.2, -0.15) is 5.26 Å². The number of likely N-dealkylation sites (N-methyl/N-ethyl adjacent to an activating group) is 1. The molecule has 1 unspecified atom stereocenters. The highest BCUT2D eigenvalue weighted by Crippen LogP contribution is 2.34. The number of hydrogen-bond acceptors (Lipinski definition) is 5. The molecule has 0 radical (unpaired) electrons. The molecule has 1 saturated heterocycles. The Balaban J connectivity index is 2.13. The third kappa shape index (κ3) is 3.85. The molecule has 0 saturated carbocycles. The number of carbonyl (C=O) groups excluding carboxylic acids is 1. The number of rotatable bonds is 2. The molecule has 130 valence electrons. The largest absolute Gasteiger partial charge is 0.444 e. The van der Waals surface area contributed by atoms with Crippen LogP contribution in [0.2, 0.25) is 5.02 Å². The number of anilines is 2. The molecule has 7 heteroatoms. The highest BCUT2D eigenvalue weighted by molar-refractivity contribution is 6.34. The second-order valence-corrected chi connectivity index (χ2v) is 7.33. The second-order valence-electron chi connectivity index (χ2n) is 6.95. The summed E-state index contributed by atoms with van der Waals surface area (Å²) in [5, 5.41) is 9.65. The normalized spacial score (nSPS) is 17.5. The fraction of sp³-hybridized carbons (Fsp3) is 0.529. The van der Waals surface area contributed by atoms with Crippen LogP contribution in [0.4, 0.5) is 16.2 Å². The first-order valence-corrected chi connectivity index (χ1v) is 8.20. The molecule has 1 aromatic carbocycles. The van der Waals surface area contributed by atoms with Gasteiger partial charge in [-0.25, -0.2) is 4.79 Å². The molecule has 6 nitrogen and oxygen atoms in total. The average Bonchev–Trinajstić information content (AvgIpc) is 2.96. The summed E-state index contributed by atoms with van der Waals surface area (Å²) in [7, 11) is 1.74. The number of ether oxygens (including phenoxy) is 1. The van der Waals surface area contributed by atoms with Gasteiger partial charge in [0.2, 0.25) is 0 Å². The van der Waals surface area contributed by atoms with E-state index in [9.17, 15) is 10.1 Å². The molecule has 1 heterocycles. The molecular weight excluding hydrogens is 328 g/mol. The van der Waals surface area contributed by atoms with E-state index >= 15 is 0 Å². The van der Waals surface area contributed by atoms with Gasteiger partial charge in [0.15, 0.2) is 0 Å². The van der Waals surface area contributed by atoms with Crippen molar-refractivity contribution in [1.29, 1.82) is 5.26 Å². The van der Waals surface area contributed by atoms with E-state index < -0.39 is 5.60 Å². The third-order valence-electron chi connectivity index (χ3n) is 3.99. The maximum Gasteiger partial charge on any atom is 0.410 e. The Morgan fingerprint density at radius 3 is 2.75 bits per heavy atom. The minimum Gasteiger partial charge on any atom is -0.444 e. The Hall–Kier alpha value is -2.13. The summed E-state index contributed by atoms with van der Waals surface area (Å²) in [5.74, 6) is 0. The SMILES string of the molecule is CN(C(=O)OC(C)(C)C)C1CCN(c2ccc(N)c(Cl)c2C#N)C1. The molecule has 0 aromatic heterocycles. The summed E-state index contributed by atoms with van der Waals surface area (Å²) in [6, 6.07) is 5.64. The molecular formula is C17H23ClN4O2. The van der Waals surface area contributed by atoms with Crippen LogP contribution >= 0.6 is 11.6 Å². The fourth-order valence-electron chi connectivity index (χ4n) is 2.71. The molecule has 1 atom stereocenters. The summed E-state index contributed by atoms with van der Waals surface area (Å²) in [6.45, 7) is 6.87. The number of benzene rings is 1. The van der Waals surface area contributed by atoms with Gasteiger partial charge in [-0.05, 0) is 39.3 Å². The summed E-state index contributed by atoms with van der Waals surface area (Å²) in [6.07, 6.45) is 0.452. The van der Waals surface area contributed by atoms with E-state index in [1.165, 1.54) is 0 Å². The van der Waals surface area contributed by atoms with E-state index in [0.29, 0.717) is 17.8 Å². The monoisotopic (exact) mass is 350 g/mol. The quantitative estimate of drug-likeness (QED) is 0.828. The summed E-state index contributed by atoms with van der Waals surface area (Å²) in [4.78, 5) is 15.9. The van der Waals surface area contributed by atoms with Crippen LogP contribution in [-0.2, 0) is 4.74 Å². The number of nitriles is 1. The second kappa shape index (κ2) is 6.78. The van der Waals surface area contributed by atoms with Crippen LogP contribution in [0.3, 0.4) is 0 Å². The van der Waals surface area contributed by atoms with Gasteiger partial charge in [-0.1, -0.05) is 11.6 Å². The smallest absolute Gasteiger partial charge is 0.410 e. The Morgan fingerprint density at radius 1 is 1.50 bits per heavy atom. The highest BCUT2D eigenvalue weighted by Gasteiger charge is 2.32. The third-order valence-corrected chi connectivity index (χ3v) is 4.40. The lowest BCUT2D eigenvalue weighted by atomic mass is 10.1. The molecule has 1 aliphatic rings. The molecule has 1 fully saturated rings. The summed E-state index contributed by atoms with van der Waals surface area (Å²) in [5.41, 5.74) is 6.75. The lowest BCUT2D eigenvalue weighted by Gasteiger charge is -2.29. The van der Waals surface area contributed by atoms with Crippen molar-refractivity contribution in [2.75, 3.05) is 30.8 Å². The van der Waals surface area contributed by atoms with Gasteiger partial charge in [0.25, 0.3) is 0 Å². The van der Waals surface area contributed by atoms with Crippen molar-refractivity contribution >= 4 is 29.1 Å². The predicted octanol–water partition coefficient (Wildman–Crippen LogP) is 3.24. The maximum absolute atomic E-state index is 12.2. The minimum atomic E-state index is -0.526. The van der Waals surface area contributed by atoms with Gasteiger partial charge >= 0.3 is 6.09 Å². The van der Waals surface area contributed by atoms with Crippen molar-refractivity contribution in [2.24, 2.45) is 0 Å². The zero-order valence-corrected chi connectivity index (χ0v) is 15.2. The standard InChI is InChI=1S/C17H23ClN4O2/c1-17(2,3)24-16(23)21(4)11-7-8-22(10-11)14-6-5-13(20)15(18)12(14)9-19/h5-6,11H,7-8,10,20H2,1-4H3. The summed E-state index contributed by atoms with van der Waals surface area (Å²) >= 11 is 6.14. The van der Waals surface area contributed by atoms with Crippen LogP contribution in [0.5, 0.6) is 0 Å². The van der Waals surface area contributed by atoms with Crippen molar-refractivity contribution in [3.63, 3.8) is 0 Å². The molecule has 1 aliphatic heterocycles. The van der Waals surface area contributed by atoms with Gasteiger partial charge in [0.1, 0.15) is 11.7 Å². The van der Waals surface area contributed by atoms with Crippen LogP contribution in [0.15, 0.2) is 12.1 Å². The van der Waals surface area contributed by atoms with Gasteiger partial charge in [-0.15, -0.1) is 0 Å². The van der Waals surface area contributed by atoms with Crippen molar-refractivity contribution < 1.29 is 9.53 Å². The molecule has 0 bridgehead atoms. The van der Waals surface area contributed by atoms with Crippen LogP contribution in [0.1, 0.15) is 32.8 Å². The number of hydrogen-bond donors (Lipinski definition) is 1. The van der Waals surface area contributed by atoms with Crippen LogP contribution in [0.25, 0.3) is 0 Å². The molecule has 0 spiro atoms. The number of nitrogens with two attached hydrogens (primary N) is 1. The van der Waals surface area contributed by atoms with E-state index in [-0.39, 0.29) is 17.2 Å². The first kappa shape index (κ1) is 18.2. The maximum atomic E-state index is 12.2. The Kier molecular flexibility index (Phi) is 5.14. The first-order valence-electron chi connectivity index (χ1n) is 7.83. The van der Waals surface area contributed by atoms with E-state index in [2.05, 4.69) is 11.0 Å². The van der Waals surface area contributed by atoms with Crippen molar-refractivity contribution in [3.8, 4) is 6.07 Å². The number of carbonyl (C=O) groups is 1. The molecule has 1 aromatic rings. The van der Waals surface area contributed by atoms with Gasteiger partial charge in [0.05, 0.1) is 28.0 Å². The minimum absolute atomic E-state index is 0.0164. The molecule has 0 aliphatic carbocycles. The number of nitrogen functional groups attached to an aromatic ring is 1. The predicted molar refractivity (Wildman–Crippen MR) is 95.2 cm³/mol. The molecule has 2 N–H and O–H groups in total. The number of nitrogens with zero attached hydrogens (tertiary/aromatic N) is 3. The Labute approximate surface area is 147 Å². The van der Waals surface area contributed by atoms with Crippen LogP contribution < -0.4 is 10.6 Å². The highest BCUT2D eigenvalue weighted by atomic mass is 35.5. The average molecular weight is 351 g/mol. The van der Waals surface area contributed by atoms with E-state index in [1.807, 2.05) is 20.8 Å². The van der Waals surface area contributed by atoms with Crippen molar-refractivity contribution in [1.82, 2.24) is 4.90 Å². The van der Waals surface area contributed by atoms with E-state index in [0.717, 1.165) is 18.7 Å². The topological polar surface area (TPSA) is 82.6 Å².